The molecule has 0 aliphatic carbocycles. The molecule has 0 radical (unpaired) electrons. The largest absolute Gasteiger partial charge is 0.543 e. The normalized spacial score (nSPS) is 12.9. The number of alkyl carbamates (subject to hydrolysis) is 1. The zero-order valence-electron chi connectivity index (χ0n) is 22.9. The van der Waals surface area contributed by atoms with Crippen LogP contribution in [0.1, 0.15) is 52.7 Å². The van der Waals surface area contributed by atoms with Crippen molar-refractivity contribution in [3.8, 4) is 5.75 Å². The average Bonchev–Trinajstić information content (AvgIpc) is 2.75. The number of nitrogens with one attached hydrogen (secondary N) is 1. The molecule has 0 aliphatic heterocycles. The van der Waals surface area contributed by atoms with Crippen LogP contribution in [0.5, 0.6) is 5.75 Å². The third-order valence-corrected chi connectivity index (χ3v) is 10.4. The Morgan fingerprint density at radius 2 is 1.65 bits per heavy atom. The summed E-state index contributed by atoms with van der Waals surface area (Å²) in [5.41, 5.74) is 0.0156. The molecule has 0 heterocycles. The van der Waals surface area contributed by atoms with Gasteiger partial charge in [0, 0.05) is 18.1 Å². The summed E-state index contributed by atoms with van der Waals surface area (Å²) in [6.45, 7) is 15.5. The lowest BCUT2D eigenvalue weighted by molar-refractivity contribution is -0.385. The molecular formula is C27H38N2O7Si. The van der Waals surface area contributed by atoms with Crippen LogP contribution < -0.4 is 9.74 Å². The van der Waals surface area contributed by atoms with Gasteiger partial charge in [0.05, 0.1) is 4.92 Å². The van der Waals surface area contributed by atoms with Crippen LogP contribution in [0.4, 0.5) is 10.5 Å². The number of ether oxygens (including phenoxy) is 2. The molecule has 2 aromatic rings. The van der Waals surface area contributed by atoms with Crippen LogP contribution in [0.25, 0.3) is 0 Å². The standard InChI is InChI=1S/C27H38N2O7Si/c1-26(2,3)35-25(31)28-22(24(30)34-18-19-12-10-9-11-13-19)17-20-16-21(14-15-23(20)29(32)33)36-37(7,8)27(4,5)6/h9-16,22H,17-18H2,1-8H3,(H,28,31)/t22-/m0/s1. The molecule has 2 aromatic carbocycles. The number of benzene rings is 2. The molecule has 37 heavy (non-hydrogen) atoms. The van der Waals surface area contributed by atoms with Crippen molar-refractivity contribution < 1.29 is 28.4 Å². The Morgan fingerprint density at radius 3 is 2.19 bits per heavy atom. The van der Waals surface area contributed by atoms with Gasteiger partial charge in [-0.1, -0.05) is 51.1 Å². The van der Waals surface area contributed by atoms with Crippen LogP contribution in [0, 0.1) is 10.1 Å². The second kappa shape index (κ2) is 11.8. The average molecular weight is 531 g/mol. The molecule has 0 bridgehead atoms. The summed E-state index contributed by atoms with van der Waals surface area (Å²) < 4.78 is 17.1. The van der Waals surface area contributed by atoms with Crippen molar-refractivity contribution in [3.05, 3.63) is 69.8 Å². The molecule has 0 aliphatic rings. The molecule has 0 saturated heterocycles. The lowest BCUT2D eigenvalue weighted by atomic mass is 10.0. The van der Waals surface area contributed by atoms with E-state index >= 15 is 0 Å². The Bertz CT molecular complexity index is 1110. The number of carbonyl (C=O) groups excluding carboxylic acids is 2. The van der Waals surface area contributed by atoms with E-state index in [1.54, 1.807) is 45.0 Å². The maximum atomic E-state index is 13.1. The van der Waals surface area contributed by atoms with Crippen molar-refractivity contribution in [3.63, 3.8) is 0 Å². The molecule has 1 N–H and O–H groups in total. The first-order valence-corrected chi connectivity index (χ1v) is 15.1. The Hall–Kier alpha value is -3.40. The summed E-state index contributed by atoms with van der Waals surface area (Å²) in [7, 11) is -2.23. The second-order valence-corrected chi connectivity index (χ2v) is 16.1. The molecule has 0 aromatic heterocycles. The van der Waals surface area contributed by atoms with E-state index < -0.39 is 36.9 Å². The van der Waals surface area contributed by atoms with Crippen molar-refractivity contribution in [2.75, 3.05) is 0 Å². The first-order chi connectivity index (χ1) is 17.0. The Kier molecular flexibility index (Phi) is 9.48. The van der Waals surface area contributed by atoms with Crippen molar-refractivity contribution >= 4 is 26.1 Å². The van der Waals surface area contributed by atoms with Gasteiger partial charge in [-0.3, -0.25) is 10.1 Å². The van der Waals surface area contributed by atoms with Gasteiger partial charge in [0.25, 0.3) is 5.69 Å². The van der Waals surface area contributed by atoms with E-state index in [0.29, 0.717) is 5.75 Å². The van der Waals surface area contributed by atoms with Gasteiger partial charge in [0.2, 0.25) is 8.32 Å². The van der Waals surface area contributed by atoms with E-state index in [-0.39, 0.29) is 29.3 Å². The van der Waals surface area contributed by atoms with Crippen molar-refractivity contribution in [1.82, 2.24) is 5.32 Å². The summed E-state index contributed by atoms with van der Waals surface area (Å²) in [6.07, 6.45) is -1.01. The fourth-order valence-corrected chi connectivity index (χ4v) is 4.13. The molecule has 2 rings (SSSR count). The summed E-state index contributed by atoms with van der Waals surface area (Å²) >= 11 is 0. The fraction of sp³-hybridized carbons (Fsp3) is 0.481. The highest BCUT2D eigenvalue weighted by molar-refractivity contribution is 6.74. The molecule has 1 atom stereocenters. The summed E-state index contributed by atoms with van der Waals surface area (Å²) in [6, 6.07) is 12.3. The Balaban J connectivity index is 2.37. The van der Waals surface area contributed by atoms with Gasteiger partial charge in [-0.15, -0.1) is 0 Å². The van der Waals surface area contributed by atoms with E-state index in [4.69, 9.17) is 13.9 Å². The van der Waals surface area contributed by atoms with Crippen LogP contribution in [0.3, 0.4) is 0 Å². The molecule has 10 heteroatoms. The highest BCUT2D eigenvalue weighted by atomic mass is 28.4. The minimum atomic E-state index is -2.23. The van der Waals surface area contributed by atoms with Crippen LogP contribution in [0.2, 0.25) is 18.1 Å². The van der Waals surface area contributed by atoms with E-state index in [1.165, 1.54) is 6.07 Å². The van der Waals surface area contributed by atoms with Crippen molar-refractivity contribution in [2.24, 2.45) is 0 Å². The molecule has 0 fully saturated rings. The van der Waals surface area contributed by atoms with Gasteiger partial charge in [-0.25, -0.2) is 9.59 Å². The van der Waals surface area contributed by atoms with Crippen LogP contribution in [0.15, 0.2) is 48.5 Å². The summed E-state index contributed by atoms with van der Waals surface area (Å²) in [4.78, 5) is 36.9. The topological polar surface area (TPSA) is 117 Å². The van der Waals surface area contributed by atoms with Gasteiger partial charge >= 0.3 is 12.1 Å². The molecule has 0 saturated carbocycles. The first kappa shape index (κ1) is 29.8. The lowest BCUT2D eigenvalue weighted by Crippen LogP contribution is -2.45. The van der Waals surface area contributed by atoms with E-state index in [2.05, 4.69) is 39.2 Å². The molecule has 0 unspecified atom stereocenters. The quantitative estimate of drug-likeness (QED) is 0.179. The number of nitrogens with zero attached hydrogens (tertiary/aromatic N) is 1. The number of rotatable bonds is 9. The Labute approximate surface area is 219 Å². The van der Waals surface area contributed by atoms with Crippen LogP contribution in [-0.2, 0) is 27.3 Å². The summed E-state index contributed by atoms with van der Waals surface area (Å²) in [5.74, 6) is -0.263. The summed E-state index contributed by atoms with van der Waals surface area (Å²) in [5, 5.41) is 14.2. The second-order valence-electron chi connectivity index (χ2n) is 11.4. The number of nitro benzene ring substituents is 1. The zero-order valence-corrected chi connectivity index (χ0v) is 23.9. The van der Waals surface area contributed by atoms with E-state index in [9.17, 15) is 19.7 Å². The smallest absolute Gasteiger partial charge is 0.408 e. The molecule has 0 spiro atoms. The van der Waals surface area contributed by atoms with Gasteiger partial charge < -0.3 is 19.2 Å². The Morgan fingerprint density at radius 1 is 1.03 bits per heavy atom. The minimum absolute atomic E-state index is 0.0111. The monoisotopic (exact) mass is 530 g/mol. The van der Waals surface area contributed by atoms with Crippen LogP contribution >= 0.6 is 0 Å². The number of hydrogen-bond donors (Lipinski definition) is 1. The zero-order chi connectivity index (χ0) is 28.0. The van der Waals surface area contributed by atoms with Gasteiger partial charge in [0.15, 0.2) is 0 Å². The third kappa shape index (κ3) is 9.20. The van der Waals surface area contributed by atoms with Crippen molar-refractivity contribution in [1.29, 1.82) is 0 Å². The third-order valence-electron chi connectivity index (χ3n) is 6.05. The molecule has 9 nitrogen and oxygen atoms in total. The van der Waals surface area contributed by atoms with Gasteiger partial charge in [-0.2, -0.15) is 0 Å². The van der Waals surface area contributed by atoms with E-state index in [1.807, 2.05) is 18.2 Å². The maximum Gasteiger partial charge on any atom is 0.408 e. The van der Waals surface area contributed by atoms with Gasteiger partial charge in [-0.05, 0) is 56.6 Å². The minimum Gasteiger partial charge on any atom is -0.543 e. The predicted octanol–water partition coefficient (Wildman–Crippen LogP) is 6.16. The first-order valence-electron chi connectivity index (χ1n) is 12.1. The predicted molar refractivity (Wildman–Crippen MR) is 144 cm³/mol. The lowest BCUT2D eigenvalue weighted by Gasteiger charge is -2.36. The fourth-order valence-electron chi connectivity index (χ4n) is 3.11. The molecule has 1 amide bonds. The van der Waals surface area contributed by atoms with E-state index in [0.717, 1.165) is 5.56 Å². The number of carbonyl (C=O) groups is 2. The maximum absolute atomic E-state index is 13.1. The van der Waals surface area contributed by atoms with Crippen molar-refractivity contribution in [2.45, 2.75) is 84.3 Å². The SMILES string of the molecule is CC(C)(C)OC(=O)N[C@@H](Cc1cc(O[Si](C)(C)C(C)(C)C)ccc1[N+](=O)[O-])C(=O)OCc1ccccc1. The van der Waals surface area contributed by atoms with Crippen LogP contribution in [-0.4, -0.2) is 36.9 Å². The number of hydrogen-bond acceptors (Lipinski definition) is 7. The highest BCUT2D eigenvalue weighted by Crippen LogP contribution is 2.38. The highest BCUT2D eigenvalue weighted by Gasteiger charge is 2.39. The molecular weight excluding hydrogens is 492 g/mol. The number of nitro groups is 1. The van der Waals surface area contributed by atoms with Gasteiger partial charge in [0.1, 0.15) is 24.0 Å². The number of esters is 1. The molecule has 202 valence electrons. The number of amides is 1.